The summed E-state index contributed by atoms with van der Waals surface area (Å²) in [7, 11) is 3.36. The molecule has 0 aliphatic carbocycles. The van der Waals surface area contributed by atoms with Gasteiger partial charge in [-0.2, -0.15) is 0 Å². The Hall–Kier alpha value is -1.59. The van der Waals surface area contributed by atoms with Crippen molar-refractivity contribution in [3.05, 3.63) is 0 Å². The number of ether oxygens (including phenoxy) is 1. The summed E-state index contributed by atoms with van der Waals surface area (Å²) in [6.07, 6.45) is 1.71. The molecule has 19 heavy (non-hydrogen) atoms. The van der Waals surface area contributed by atoms with E-state index in [1.165, 1.54) is 4.90 Å². The predicted molar refractivity (Wildman–Crippen MR) is 69.3 cm³/mol. The average Bonchev–Trinajstić information content (AvgIpc) is 2.84. The highest BCUT2D eigenvalue weighted by atomic mass is 16.5. The summed E-state index contributed by atoms with van der Waals surface area (Å²) in [6.45, 7) is 2.64. The first-order chi connectivity index (χ1) is 8.97. The van der Waals surface area contributed by atoms with Gasteiger partial charge in [0.2, 0.25) is 11.8 Å². The third kappa shape index (κ3) is 4.22. The molecule has 1 saturated heterocycles. The fraction of sp³-hybridized carbons (Fsp3) is 0.769. The van der Waals surface area contributed by atoms with Crippen molar-refractivity contribution in [3.8, 4) is 0 Å². The minimum Gasteiger partial charge on any atom is -0.466 e. The van der Waals surface area contributed by atoms with E-state index in [2.05, 4.69) is 0 Å². The van der Waals surface area contributed by atoms with Gasteiger partial charge in [0.05, 0.1) is 13.0 Å². The van der Waals surface area contributed by atoms with E-state index in [1.54, 1.807) is 25.9 Å². The third-order valence-electron chi connectivity index (χ3n) is 3.15. The summed E-state index contributed by atoms with van der Waals surface area (Å²) < 4.78 is 4.78. The third-order valence-corrected chi connectivity index (χ3v) is 3.15. The van der Waals surface area contributed by atoms with Gasteiger partial charge in [0.1, 0.15) is 6.04 Å². The standard InChI is InChI=1S/C13H22N2O4/c1-4-19-12(17)8-7-11(16)15-9-5-6-10(15)13(18)14(2)3/h10H,4-9H2,1-3H3. The molecule has 0 spiro atoms. The van der Waals surface area contributed by atoms with E-state index in [1.807, 2.05) is 0 Å². The number of hydrogen-bond acceptors (Lipinski definition) is 4. The van der Waals surface area contributed by atoms with Crippen molar-refractivity contribution < 1.29 is 19.1 Å². The van der Waals surface area contributed by atoms with Crippen LogP contribution in [0.4, 0.5) is 0 Å². The monoisotopic (exact) mass is 270 g/mol. The second-order valence-corrected chi connectivity index (χ2v) is 4.78. The van der Waals surface area contributed by atoms with Crippen molar-refractivity contribution in [2.24, 2.45) is 0 Å². The molecule has 1 fully saturated rings. The van der Waals surface area contributed by atoms with Crippen LogP contribution in [0.5, 0.6) is 0 Å². The number of esters is 1. The molecule has 0 bridgehead atoms. The van der Waals surface area contributed by atoms with Crippen molar-refractivity contribution in [1.82, 2.24) is 9.80 Å². The van der Waals surface area contributed by atoms with Gasteiger partial charge in [0.25, 0.3) is 0 Å². The second-order valence-electron chi connectivity index (χ2n) is 4.78. The zero-order valence-electron chi connectivity index (χ0n) is 11.8. The van der Waals surface area contributed by atoms with Gasteiger partial charge < -0.3 is 14.5 Å². The normalized spacial score (nSPS) is 18.3. The Morgan fingerprint density at radius 1 is 1.26 bits per heavy atom. The van der Waals surface area contributed by atoms with Crippen LogP contribution in [0.2, 0.25) is 0 Å². The molecule has 1 aliphatic rings. The van der Waals surface area contributed by atoms with Crippen LogP contribution < -0.4 is 0 Å². The smallest absolute Gasteiger partial charge is 0.306 e. The number of likely N-dealkylation sites (N-methyl/N-ethyl adjacent to an activating group) is 1. The van der Waals surface area contributed by atoms with Crippen LogP contribution in [0.3, 0.4) is 0 Å². The topological polar surface area (TPSA) is 66.9 Å². The van der Waals surface area contributed by atoms with Gasteiger partial charge in [-0.25, -0.2) is 0 Å². The maximum absolute atomic E-state index is 12.0. The van der Waals surface area contributed by atoms with E-state index in [-0.39, 0.29) is 36.7 Å². The molecule has 0 aromatic heterocycles. The van der Waals surface area contributed by atoms with Crippen molar-refractivity contribution in [2.75, 3.05) is 27.2 Å². The highest BCUT2D eigenvalue weighted by Gasteiger charge is 2.34. The fourth-order valence-electron chi connectivity index (χ4n) is 2.21. The van der Waals surface area contributed by atoms with Gasteiger partial charge in [0, 0.05) is 27.1 Å². The summed E-state index contributed by atoms with van der Waals surface area (Å²) >= 11 is 0. The van der Waals surface area contributed by atoms with Crippen LogP contribution in [0.1, 0.15) is 32.6 Å². The number of rotatable bonds is 5. The molecule has 2 amide bonds. The van der Waals surface area contributed by atoms with Crippen molar-refractivity contribution in [2.45, 2.75) is 38.6 Å². The Bertz CT molecular complexity index is 355. The molecule has 0 aromatic carbocycles. The number of amides is 2. The lowest BCUT2D eigenvalue weighted by molar-refractivity contribution is -0.147. The maximum Gasteiger partial charge on any atom is 0.306 e. The van der Waals surface area contributed by atoms with Gasteiger partial charge in [0.15, 0.2) is 0 Å². The van der Waals surface area contributed by atoms with Crippen LogP contribution in [0, 0.1) is 0 Å². The molecule has 1 heterocycles. The van der Waals surface area contributed by atoms with Crippen LogP contribution in [0.25, 0.3) is 0 Å². The number of hydrogen-bond donors (Lipinski definition) is 0. The molecular weight excluding hydrogens is 248 g/mol. The van der Waals surface area contributed by atoms with Crippen LogP contribution in [0.15, 0.2) is 0 Å². The predicted octanol–water partition coefficient (Wildman–Crippen LogP) is 0.409. The fourth-order valence-corrected chi connectivity index (χ4v) is 2.21. The highest BCUT2D eigenvalue weighted by Crippen LogP contribution is 2.20. The molecule has 0 radical (unpaired) electrons. The number of likely N-dealkylation sites (tertiary alicyclic amines) is 1. The summed E-state index contributed by atoms with van der Waals surface area (Å²) in [5, 5.41) is 0. The Morgan fingerprint density at radius 3 is 2.53 bits per heavy atom. The van der Waals surface area contributed by atoms with Gasteiger partial charge in [-0.05, 0) is 19.8 Å². The molecule has 6 nitrogen and oxygen atoms in total. The SMILES string of the molecule is CCOC(=O)CCC(=O)N1CCCC1C(=O)N(C)C. The number of nitrogens with zero attached hydrogens (tertiary/aromatic N) is 2. The molecule has 6 heteroatoms. The first kappa shape index (κ1) is 15.5. The van der Waals surface area contributed by atoms with Gasteiger partial charge in [-0.15, -0.1) is 0 Å². The van der Waals surface area contributed by atoms with Gasteiger partial charge in [-0.3, -0.25) is 14.4 Å². The quantitative estimate of drug-likeness (QED) is 0.679. The average molecular weight is 270 g/mol. The van der Waals surface area contributed by atoms with Crippen molar-refractivity contribution in [3.63, 3.8) is 0 Å². The van der Waals surface area contributed by atoms with Crippen LogP contribution >= 0.6 is 0 Å². The van der Waals surface area contributed by atoms with E-state index in [0.717, 1.165) is 6.42 Å². The Labute approximate surface area is 113 Å². The molecule has 0 aromatic rings. The molecule has 1 rings (SSSR count). The van der Waals surface area contributed by atoms with E-state index in [4.69, 9.17) is 4.74 Å². The minimum atomic E-state index is -0.371. The Kier molecular flexibility index (Phi) is 5.79. The lowest BCUT2D eigenvalue weighted by atomic mass is 10.2. The Balaban J connectivity index is 2.51. The summed E-state index contributed by atoms with van der Waals surface area (Å²) in [6, 6.07) is -0.371. The second kappa shape index (κ2) is 7.11. The van der Waals surface area contributed by atoms with Crippen molar-refractivity contribution >= 4 is 17.8 Å². The van der Waals surface area contributed by atoms with E-state index in [9.17, 15) is 14.4 Å². The van der Waals surface area contributed by atoms with Crippen LogP contribution in [-0.4, -0.2) is 60.9 Å². The van der Waals surface area contributed by atoms with Crippen molar-refractivity contribution in [1.29, 1.82) is 0 Å². The molecule has 0 N–H and O–H groups in total. The molecule has 0 saturated carbocycles. The summed E-state index contributed by atoms with van der Waals surface area (Å²) in [4.78, 5) is 38.3. The van der Waals surface area contributed by atoms with Gasteiger partial charge >= 0.3 is 5.97 Å². The summed E-state index contributed by atoms with van der Waals surface area (Å²) in [5.74, 6) is -0.571. The number of carbonyl (C=O) groups excluding carboxylic acids is 3. The molecular formula is C13H22N2O4. The van der Waals surface area contributed by atoms with Crippen LogP contribution in [-0.2, 0) is 19.1 Å². The lowest BCUT2D eigenvalue weighted by Gasteiger charge is -2.26. The van der Waals surface area contributed by atoms with Gasteiger partial charge in [-0.1, -0.05) is 0 Å². The minimum absolute atomic E-state index is 0.0537. The first-order valence-corrected chi connectivity index (χ1v) is 6.63. The maximum atomic E-state index is 12.0. The largest absolute Gasteiger partial charge is 0.466 e. The number of carbonyl (C=O) groups is 3. The van der Waals surface area contributed by atoms with E-state index < -0.39 is 0 Å². The zero-order valence-corrected chi connectivity index (χ0v) is 11.8. The Morgan fingerprint density at radius 2 is 1.95 bits per heavy atom. The van der Waals surface area contributed by atoms with E-state index >= 15 is 0 Å². The summed E-state index contributed by atoms with van der Waals surface area (Å²) in [5.41, 5.74) is 0. The lowest BCUT2D eigenvalue weighted by Crippen LogP contribution is -2.45. The molecule has 108 valence electrons. The highest BCUT2D eigenvalue weighted by molar-refractivity contribution is 5.89. The zero-order chi connectivity index (χ0) is 14.4. The molecule has 1 aliphatic heterocycles. The molecule has 1 unspecified atom stereocenters. The van der Waals surface area contributed by atoms with E-state index in [0.29, 0.717) is 19.6 Å². The first-order valence-electron chi connectivity index (χ1n) is 6.63. The molecule has 1 atom stereocenters.